The van der Waals surface area contributed by atoms with Crippen molar-refractivity contribution in [1.82, 2.24) is 4.57 Å². The fraction of sp³-hybridized carbons (Fsp3) is 0.0732. The van der Waals surface area contributed by atoms with Gasteiger partial charge in [-0.1, -0.05) is 140 Å². The molecule has 2 unspecified atom stereocenters. The van der Waals surface area contributed by atoms with E-state index in [4.69, 9.17) is 12.6 Å². The Morgan fingerprint density at radius 3 is 1.95 bits per heavy atom. The predicted molar refractivity (Wildman–Crippen MR) is 186 cm³/mol. The minimum absolute atomic E-state index is 0.170. The number of para-hydroxylation sites is 1. The van der Waals surface area contributed by atoms with Crippen molar-refractivity contribution in [2.45, 2.75) is 17.7 Å². The monoisotopic (exact) mass is 569 g/mol. The molecule has 1 aromatic heterocycles. The Bertz CT molecular complexity index is 2190. The molecule has 0 aliphatic heterocycles. The second kappa shape index (κ2) is 10.5. The van der Waals surface area contributed by atoms with Crippen LogP contribution in [-0.4, -0.2) is 4.57 Å². The Morgan fingerprint density at radius 1 is 0.605 bits per heavy atom. The highest BCUT2D eigenvalue weighted by atomic mass is 32.1. The maximum Gasteiger partial charge on any atom is 0.0623 e. The van der Waals surface area contributed by atoms with Gasteiger partial charge in [-0.2, -0.15) is 0 Å². The van der Waals surface area contributed by atoms with Crippen LogP contribution in [-0.2, 0) is 0 Å². The van der Waals surface area contributed by atoms with Crippen LogP contribution in [0.25, 0.3) is 55.0 Å². The maximum atomic E-state index is 5.34. The van der Waals surface area contributed by atoms with Gasteiger partial charge in [0.1, 0.15) is 0 Å². The number of allylic oxidation sites excluding steroid dienone is 4. The van der Waals surface area contributed by atoms with E-state index in [2.05, 4.69) is 163 Å². The van der Waals surface area contributed by atoms with E-state index >= 15 is 0 Å². The summed E-state index contributed by atoms with van der Waals surface area (Å²) in [6.45, 7) is 2.33. The van der Waals surface area contributed by atoms with Crippen LogP contribution in [0.2, 0.25) is 0 Å². The largest absolute Gasteiger partial charge is 0.309 e. The van der Waals surface area contributed by atoms with Crippen LogP contribution in [0, 0.1) is 5.92 Å². The van der Waals surface area contributed by atoms with Gasteiger partial charge in [0, 0.05) is 32.7 Å². The minimum Gasteiger partial charge on any atom is -0.309 e. The molecule has 0 N–H and O–H groups in total. The molecule has 2 heteroatoms. The second-order valence-electron chi connectivity index (χ2n) is 11.5. The first kappa shape index (κ1) is 25.9. The van der Waals surface area contributed by atoms with Gasteiger partial charge < -0.3 is 4.57 Å². The molecule has 0 amide bonds. The zero-order chi connectivity index (χ0) is 28.9. The molecule has 8 rings (SSSR count). The molecule has 206 valence electrons. The highest BCUT2D eigenvalue weighted by molar-refractivity contribution is 7.80. The van der Waals surface area contributed by atoms with Crippen molar-refractivity contribution in [3.8, 4) is 16.8 Å². The summed E-state index contributed by atoms with van der Waals surface area (Å²) >= 11 is 5.34. The first-order valence-electron chi connectivity index (χ1n) is 15.0. The van der Waals surface area contributed by atoms with Gasteiger partial charge in [0.05, 0.1) is 11.0 Å². The van der Waals surface area contributed by atoms with Gasteiger partial charge in [-0.05, 0) is 57.3 Å². The lowest BCUT2D eigenvalue weighted by Crippen LogP contribution is -2.11. The zero-order valence-electron chi connectivity index (χ0n) is 24.0. The number of hydrogen-bond donors (Lipinski definition) is 1. The van der Waals surface area contributed by atoms with Gasteiger partial charge in [-0.15, -0.1) is 12.6 Å². The number of aromatic nitrogens is 1. The van der Waals surface area contributed by atoms with Crippen molar-refractivity contribution >= 4 is 50.8 Å². The van der Waals surface area contributed by atoms with Crippen LogP contribution in [0.4, 0.5) is 0 Å². The molecule has 0 bridgehead atoms. The minimum atomic E-state index is 0.170. The molecule has 0 saturated heterocycles. The van der Waals surface area contributed by atoms with E-state index in [1.165, 1.54) is 60.4 Å². The highest BCUT2D eigenvalue weighted by Gasteiger charge is 2.29. The van der Waals surface area contributed by atoms with E-state index in [0.29, 0.717) is 5.92 Å². The number of fused-ring (bicyclic) bond motifs is 5. The zero-order valence-corrected chi connectivity index (χ0v) is 24.9. The molecule has 0 spiro atoms. The molecule has 1 nitrogen and oxygen atoms in total. The number of rotatable bonds is 4. The summed E-state index contributed by atoms with van der Waals surface area (Å²) in [6.07, 6.45) is 7.12. The van der Waals surface area contributed by atoms with E-state index in [0.717, 1.165) is 10.6 Å². The topological polar surface area (TPSA) is 4.93 Å². The molecule has 1 aliphatic rings. The van der Waals surface area contributed by atoms with E-state index < -0.39 is 0 Å². The molecule has 0 saturated carbocycles. The molecular formula is C41H31NS. The molecule has 7 aromatic rings. The Hall–Kier alpha value is -4.79. The maximum absolute atomic E-state index is 5.34. The van der Waals surface area contributed by atoms with Crippen LogP contribution in [0.15, 0.2) is 157 Å². The lowest BCUT2D eigenvalue weighted by molar-refractivity contribution is 0.635. The lowest BCUT2D eigenvalue weighted by Gasteiger charge is -2.27. The number of nitrogens with zero attached hydrogens (tertiary/aromatic N) is 1. The van der Waals surface area contributed by atoms with Crippen molar-refractivity contribution < 1.29 is 0 Å². The number of thiol groups is 1. The van der Waals surface area contributed by atoms with Crippen molar-refractivity contribution in [3.63, 3.8) is 0 Å². The average molecular weight is 570 g/mol. The van der Waals surface area contributed by atoms with Gasteiger partial charge in [-0.3, -0.25) is 0 Å². The van der Waals surface area contributed by atoms with Gasteiger partial charge in [0.15, 0.2) is 0 Å². The Kier molecular flexibility index (Phi) is 6.31. The van der Waals surface area contributed by atoms with E-state index in [-0.39, 0.29) is 5.92 Å². The summed E-state index contributed by atoms with van der Waals surface area (Å²) in [4.78, 5) is 1.07. The normalized spacial score (nSPS) is 16.7. The highest BCUT2D eigenvalue weighted by Crippen LogP contribution is 2.49. The van der Waals surface area contributed by atoms with Crippen molar-refractivity contribution in [2.75, 3.05) is 0 Å². The van der Waals surface area contributed by atoms with E-state index in [1.807, 2.05) is 0 Å². The molecular weight excluding hydrogens is 539 g/mol. The van der Waals surface area contributed by atoms with Crippen LogP contribution in [0.1, 0.15) is 24.0 Å². The van der Waals surface area contributed by atoms with Gasteiger partial charge in [-0.25, -0.2) is 0 Å². The smallest absolute Gasteiger partial charge is 0.0623 e. The summed E-state index contributed by atoms with van der Waals surface area (Å²) in [6, 6.07) is 47.9. The SMILES string of the molecule is CC1C=CC(c2ccccc2)=CC1c1c(S)c2ccccc2c2c1c1ccc(-c3ccccc3)cc1n2-c1ccccc1. The van der Waals surface area contributed by atoms with Crippen molar-refractivity contribution in [2.24, 2.45) is 5.92 Å². The number of hydrogen-bond acceptors (Lipinski definition) is 1. The quantitative estimate of drug-likeness (QED) is 0.201. The Morgan fingerprint density at radius 2 is 1.23 bits per heavy atom. The van der Waals surface area contributed by atoms with Gasteiger partial charge in [0.2, 0.25) is 0 Å². The third-order valence-corrected chi connectivity index (χ3v) is 9.48. The third kappa shape index (κ3) is 4.25. The van der Waals surface area contributed by atoms with Crippen molar-refractivity contribution in [3.05, 3.63) is 163 Å². The predicted octanol–water partition coefficient (Wildman–Crippen LogP) is 11.3. The summed E-state index contributed by atoms with van der Waals surface area (Å²) in [7, 11) is 0. The van der Waals surface area contributed by atoms with Gasteiger partial charge in [0.25, 0.3) is 0 Å². The van der Waals surface area contributed by atoms with Crippen molar-refractivity contribution in [1.29, 1.82) is 0 Å². The Labute approximate surface area is 257 Å². The first-order chi connectivity index (χ1) is 21.2. The molecule has 43 heavy (non-hydrogen) atoms. The van der Waals surface area contributed by atoms with Crippen LogP contribution in [0.5, 0.6) is 0 Å². The van der Waals surface area contributed by atoms with Crippen LogP contribution >= 0.6 is 12.6 Å². The van der Waals surface area contributed by atoms with E-state index in [1.54, 1.807) is 0 Å². The molecule has 6 aromatic carbocycles. The fourth-order valence-electron chi connectivity index (χ4n) is 6.90. The molecule has 1 aliphatic carbocycles. The third-order valence-electron chi connectivity index (χ3n) is 9.00. The summed E-state index contributed by atoms with van der Waals surface area (Å²) < 4.78 is 2.47. The molecule has 2 atom stereocenters. The second-order valence-corrected chi connectivity index (χ2v) is 12.0. The molecule has 1 heterocycles. The standard InChI is InChI=1S/C41H31NS/c1-27-21-22-30(28-13-5-2-6-14-28)25-36(27)39-38-35-24-23-31(29-15-7-3-8-16-29)26-37(35)42(32-17-9-4-10-18-32)40(38)33-19-11-12-20-34(33)41(39)43/h2-27,36,43H,1H3. The lowest BCUT2D eigenvalue weighted by atomic mass is 9.78. The summed E-state index contributed by atoms with van der Waals surface area (Å²) in [5.74, 6) is 0.491. The first-order valence-corrected chi connectivity index (χ1v) is 15.4. The van der Waals surface area contributed by atoms with Gasteiger partial charge >= 0.3 is 0 Å². The van der Waals surface area contributed by atoms with E-state index in [9.17, 15) is 0 Å². The van der Waals surface area contributed by atoms with Crippen LogP contribution < -0.4 is 0 Å². The Balaban J connectivity index is 1.52. The summed E-state index contributed by atoms with van der Waals surface area (Å²) in [5, 5.41) is 4.95. The average Bonchev–Trinajstić information content (AvgIpc) is 3.41. The number of benzene rings is 6. The van der Waals surface area contributed by atoms with Crippen LogP contribution in [0.3, 0.4) is 0 Å². The fourth-order valence-corrected chi connectivity index (χ4v) is 7.36. The summed E-state index contributed by atoms with van der Waals surface area (Å²) in [5.41, 5.74) is 9.84. The molecule has 0 fully saturated rings. The molecule has 0 radical (unpaired) electrons.